The van der Waals surface area contributed by atoms with Gasteiger partial charge in [-0.25, -0.2) is 9.97 Å². The van der Waals surface area contributed by atoms with Crippen LogP contribution in [0.4, 0.5) is 5.82 Å². The maximum atomic E-state index is 5.29. The minimum absolute atomic E-state index is 0.224. The van der Waals surface area contributed by atoms with Crippen molar-refractivity contribution in [3.8, 4) is 11.4 Å². The lowest BCUT2D eigenvalue weighted by molar-refractivity contribution is 0.184. The smallest absolute Gasteiger partial charge is 0.162 e. The molecule has 118 valence electrons. The molecule has 0 spiro atoms. The molecule has 1 aromatic heterocycles. The molecule has 0 fully saturated rings. The number of anilines is 1. The monoisotopic (exact) mass is 307 g/mol. The lowest BCUT2D eigenvalue weighted by atomic mass is 10.1. The zero-order valence-corrected chi connectivity index (χ0v) is 13.5. The van der Waals surface area contributed by atoms with Crippen molar-refractivity contribution in [3.05, 3.63) is 54.6 Å². The number of benzene rings is 2. The molecule has 0 aliphatic carbocycles. The van der Waals surface area contributed by atoms with Crippen molar-refractivity contribution in [1.82, 2.24) is 9.97 Å². The molecule has 0 saturated carbocycles. The van der Waals surface area contributed by atoms with Crippen LogP contribution in [-0.4, -0.2) is 29.7 Å². The standard InChI is InChI=1S/C19H21N3O/c1-3-15(13-23-2)20-19-16-11-7-8-12-17(16)21-18(22-19)14-9-5-4-6-10-14/h4-12,15H,3,13H2,1-2H3,(H,20,21,22). The number of methoxy groups -OCH3 is 1. The summed E-state index contributed by atoms with van der Waals surface area (Å²) < 4.78 is 5.29. The summed E-state index contributed by atoms with van der Waals surface area (Å²) in [4.78, 5) is 9.47. The van der Waals surface area contributed by atoms with Crippen LogP contribution in [-0.2, 0) is 4.74 Å². The third-order valence-electron chi connectivity index (χ3n) is 3.84. The molecule has 0 saturated heterocycles. The van der Waals surface area contributed by atoms with E-state index in [9.17, 15) is 0 Å². The largest absolute Gasteiger partial charge is 0.383 e. The van der Waals surface area contributed by atoms with Crippen LogP contribution in [0, 0.1) is 0 Å². The SMILES string of the molecule is CCC(COC)Nc1nc(-c2ccccc2)nc2ccccc12. The van der Waals surface area contributed by atoms with Gasteiger partial charge < -0.3 is 10.1 Å². The Morgan fingerprint density at radius 1 is 1.00 bits per heavy atom. The van der Waals surface area contributed by atoms with Crippen LogP contribution < -0.4 is 5.32 Å². The van der Waals surface area contributed by atoms with Gasteiger partial charge in [-0.2, -0.15) is 0 Å². The zero-order valence-electron chi connectivity index (χ0n) is 13.5. The molecule has 1 N–H and O–H groups in total. The molecule has 0 bridgehead atoms. The minimum Gasteiger partial charge on any atom is -0.383 e. The van der Waals surface area contributed by atoms with Crippen molar-refractivity contribution in [2.24, 2.45) is 0 Å². The van der Waals surface area contributed by atoms with Gasteiger partial charge >= 0.3 is 0 Å². The fraction of sp³-hybridized carbons (Fsp3) is 0.263. The van der Waals surface area contributed by atoms with Gasteiger partial charge in [-0.1, -0.05) is 49.4 Å². The molecule has 4 heteroatoms. The second-order valence-electron chi connectivity index (χ2n) is 5.48. The minimum atomic E-state index is 0.224. The molecule has 1 atom stereocenters. The van der Waals surface area contributed by atoms with E-state index in [4.69, 9.17) is 14.7 Å². The fourth-order valence-electron chi connectivity index (χ4n) is 2.56. The van der Waals surface area contributed by atoms with E-state index in [0.29, 0.717) is 6.61 Å². The van der Waals surface area contributed by atoms with Crippen LogP contribution in [0.5, 0.6) is 0 Å². The van der Waals surface area contributed by atoms with Crippen molar-refractivity contribution < 1.29 is 4.74 Å². The molecular weight excluding hydrogens is 286 g/mol. The van der Waals surface area contributed by atoms with Crippen LogP contribution in [0.3, 0.4) is 0 Å². The highest BCUT2D eigenvalue weighted by Crippen LogP contribution is 2.25. The summed E-state index contributed by atoms with van der Waals surface area (Å²) in [5.74, 6) is 1.59. The van der Waals surface area contributed by atoms with E-state index in [-0.39, 0.29) is 6.04 Å². The third kappa shape index (κ3) is 3.48. The predicted octanol–water partition coefficient (Wildman–Crippen LogP) is 4.13. The third-order valence-corrected chi connectivity index (χ3v) is 3.84. The maximum absolute atomic E-state index is 5.29. The number of para-hydroxylation sites is 1. The van der Waals surface area contributed by atoms with E-state index in [1.165, 1.54) is 0 Å². The molecule has 1 unspecified atom stereocenters. The Hall–Kier alpha value is -2.46. The number of ether oxygens (including phenoxy) is 1. The normalized spacial score (nSPS) is 12.3. The van der Waals surface area contributed by atoms with Crippen molar-refractivity contribution in [2.45, 2.75) is 19.4 Å². The topological polar surface area (TPSA) is 47.0 Å². The summed E-state index contributed by atoms with van der Waals surface area (Å²) >= 11 is 0. The Bertz CT molecular complexity index is 774. The quantitative estimate of drug-likeness (QED) is 0.743. The predicted molar refractivity (Wildman–Crippen MR) is 94.6 cm³/mol. The van der Waals surface area contributed by atoms with E-state index < -0.39 is 0 Å². The van der Waals surface area contributed by atoms with Gasteiger partial charge in [0.05, 0.1) is 18.2 Å². The van der Waals surface area contributed by atoms with Crippen LogP contribution >= 0.6 is 0 Å². The second-order valence-corrected chi connectivity index (χ2v) is 5.48. The van der Waals surface area contributed by atoms with Crippen LogP contribution in [0.25, 0.3) is 22.3 Å². The van der Waals surface area contributed by atoms with E-state index in [0.717, 1.165) is 34.5 Å². The van der Waals surface area contributed by atoms with Gasteiger partial charge in [0, 0.05) is 18.1 Å². The number of hydrogen-bond donors (Lipinski definition) is 1. The molecule has 0 aliphatic heterocycles. The molecule has 3 rings (SSSR count). The van der Waals surface area contributed by atoms with Crippen molar-refractivity contribution in [2.75, 3.05) is 19.0 Å². The summed E-state index contributed by atoms with van der Waals surface area (Å²) in [5.41, 5.74) is 1.96. The first kappa shape index (κ1) is 15.4. The Morgan fingerprint density at radius 3 is 2.48 bits per heavy atom. The lowest BCUT2D eigenvalue weighted by Gasteiger charge is -2.18. The average Bonchev–Trinajstić information content (AvgIpc) is 2.62. The van der Waals surface area contributed by atoms with Gasteiger partial charge in [-0.15, -0.1) is 0 Å². The summed E-state index contributed by atoms with van der Waals surface area (Å²) in [7, 11) is 1.72. The fourth-order valence-corrected chi connectivity index (χ4v) is 2.56. The summed E-state index contributed by atoms with van der Waals surface area (Å²) in [5, 5.41) is 4.54. The molecule has 4 nitrogen and oxygen atoms in total. The first-order chi connectivity index (χ1) is 11.3. The first-order valence-corrected chi connectivity index (χ1v) is 7.89. The van der Waals surface area contributed by atoms with Gasteiger partial charge in [-0.3, -0.25) is 0 Å². The molecule has 2 aromatic carbocycles. The molecule has 23 heavy (non-hydrogen) atoms. The van der Waals surface area contributed by atoms with Crippen LogP contribution in [0.2, 0.25) is 0 Å². The molecule has 0 aliphatic rings. The van der Waals surface area contributed by atoms with Crippen LogP contribution in [0.15, 0.2) is 54.6 Å². The Morgan fingerprint density at radius 2 is 1.74 bits per heavy atom. The number of nitrogens with zero attached hydrogens (tertiary/aromatic N) is 2. The van der Waals surface area contributed by atoms with Crippen molar-refractivity contribution >= 4 is 16.7 Å². The molecule has 3 aromatic rings. The number of aromatic nitrogens is 2. The van der Waals surface area contributed by atoms with E-state index in [1.807, 2.05) is 54.6 Å². The summed E-state index contributed by atoms with van der Waals surface area (Å²) in [6.45, 7) is 2.79. The average molecular weight is 307 g/mol. The second kappa shape index (κ2) is 7.20. The van der Waals surface area contributed by atoms with Gasteiger partial charge in [0.25, 0.3) is 0 Å². The van der Waals surface area contributed by atoms with Gasteiger partial charge in [0.15, 0.2) is 5.82 Å². The zero-order chi connectivity index (χ0) is 16.1. The molecule has 0 amide bonds. The number of nitrogens with one attached hydrogen (secondary N) is 1. The van der Waals surface area contributed by atoms with E-state index in [1.54, 1.807) is 7.11 Å². The summed E-state index contributed by atoms with van der Waals surface area (Å²) in [6, 6.07) is 18.4. The number of rotatable bonds is 6. The Labute approximate surface area is 136 Å². The Balaban J connectivity index is 2.07. The lowest BCUT2D eigenvalue weighted by Crippen LogP contribution is -2.24. The molecule has 0 radical (unpaired) electrons. The highest BCUT2D eigenvalue weighted by Gasteiger charge is 2.12. The van der Waals surface area contributed by atoms with E-state index in [2.05, 4.69) is 12.2 Å². The van der Waals surface area contributed by atoms with Crippen LogP contribution in [0.1, 0.15) is 13.3 Å². The maximum Gasteiger partial charge on any atom is 0.162 e. The number of fused-ring (bicyclic) bond motifs is 1. The highest BCUT2D eigenvalue weighted by atomic mass is 16.5. The Kier molecular flexibility index (Phi) is 4.83. The van der Waals surface area contributed by atoms with Gasteiger partial charge in [-0.05, 0) is 18.6 Å². The summed E-state index contributed by atoms with van der Waals surface area (Å²) in [6.07, 6.45) is 0.965. The van der Waals surface area contributed by atoms with Crippen molar-refractivity contribution in [1.29, 1.82) is 0 Å². The first-order valence-electron chi connectivity index (χ1n) is 7.89. The number of hydrogen-bond acceptors (Lipinski definition) is 4. The van der Waals surface area contributed by atoms with Crippen molar-refractivity contribution in [3.63, 3.8) is 0 Å². The van der Waals surface area contributed by atoms with Gasteiger partial charge in [0.2, 0.25) is 0 Å². The highest BCUT2D eigenvalue weighted by molar-refractivity contribution is 5.90. The molecular formula is C19H21N3O. The molecule has 1 heterocycles. The van der Waals surface area contributed by atoms with E-state index >= 15 is 0 Å². The van der Waals surface area contributed by atoms with Gasteiger partial charge in [0.1, 0.15) is 5.82 Å².